The van der Waals surface area contributed by atoms with Crippen molar-refractivity contribution in [3.63, 3.8) is 0 Å². The molecule has 0 bridgehead atoms. The van der Waals surface area contributed by atoms with Crippen LogP contribution >= 0.6 is 0 Å². The lowest BCUT2D eigenvalue weighted by Crippen LogP contribution is -2.51. The largest absolute Gasteiger partial charge is 0.496 e. The molecule has 0 spiro atoms. The number of rotatable bonds is 17. The van der Waals surface area contributed by atoms with Gasteiger partial charge in [0.25, 0.3) is 0 Å². The summed E-state index contributed by atoms with van der Waals surface area (Å²) < 4.78 is 48.9. The van der Waals surface area contributed by atoms with Crippen LogP contribution in [0.1, 0.15) is 29.0 Å². The second-order valence-corrected chi connectivity index (χ2v) is 11.5. The highest BCUT2D eigenvalue weighted by atomic mass is 19.1. The van der Waals surface area contributed by atoms with E-state index in [1.807, 2.05) is 48.5 Å². The number of aliphatic hydroxyl groups is 2. The van der Waals surface area contributed by atoms with Gasteiger partial charge in [-0.25, -0.2) is 4.39 Å². The summed E-state index contributed by atoms with van der Waals surface area (Å²) in [6.45, 7) is 2.39. The van der Waals surface area contributed by atoms with Crippen LogP contribution in [0.4, 0.5) is 4.39 Å². The van der Waals surface area contributed by atoms with E-state index in [1.54, 1.807) is 20.3 Å². The van der Waals surface area contributed by atoms with Crippen molar-refractivity contribution in [3.8, 4) is 17.2 Å². The normalized spacial score (nSPS) is 18.6. The number of nitrogens with one attached hydrogen (secondary N) is 1. The highest BCUT2D eigenvalue weighted by molar-refractivity contribution is 5.89. The summed E-state index contributed by atoms with van der Waals surface area (Å²) in [5.74, 6) is 1.66. The Balaban J connectivity index is 1.20. The second kappa shape index (κ2) is 17.4. The number of fused-ring (bicyclic) bond motifs is 1. The number of aliphatic hydroxyl groups excluding tert-OH is 2. The fourth-order valence-electron chi connectivity index (χ4n) is 5.87. The van der Waals surface area contributed by atoms with Crippen LogP contribution in [0.2, 0.25) is 0 Å². The Bertz CT molecular complexity index is 1550. The monoisotopic (exact) mass is 649 g/mol. The first-order valence-corrected chi connectivity index (χ1v) is 15.9. The van der Waals surface area contributed by atoms with E-state index in [2.05, 4.69) is 17.4 Å². The summed E-state index contributed by atoms with van der Waals surface area (Å²) in [5, 5.41) is 24.9. The third-order valence-corrected chi connectivity index (χ3v) is 8.24. The first kappa shape index (κ1) is 34.6. The first-order valence-electron chi connectivity index (χ1n) is 15.9. The van der Waals surface area contributed by atoms with Gasteiger partial charge < -0.3 is 44.0 Å². The maximum absolute atomic E-state index is 13.6. The molecule has 10 heteroatoms. The smallest absolute Gasteiger partial charge is 0.127 e. The molecule has 4 aromatic carbocycles. The summed E-state index contributed by atoms with van der Waals surface area (Å²) in [5.41, 5.74) is 2.69. The molecule has 252 valence electrons. The molecule has 9 nitrogen and oxygen atoms in total. The van der Waals surface area contributed by atoms with E-state index in [0.29, 0.717) is 50.6 Å². The molecular weight excluding hydrogens is 605 g/mol. The van der Waals surface area contributed by atoms with Crippen LogP contribution < -0.4 is 19.5 Å². The Morgan fingerprint density at radius 2 is 1.62 bits per heavy atom. The molecule has 0 amide bonds. The minimum absolute atomic E-state index is 0.0171. The molecule has 3 N–H and O–H groups in total. The molecular formula is C37H44FNO8. The third-order valence-electron chi connectivity index (χ3n) is 8.24. The predicted molar refractivity (Wildman–Crippen MR) is 177 cm³/mol. The number of hydrogen-bond donors (Lipinski definition) is 3. The number of hydrogen-bond acceptors (Lipinski definition) is 9. The van der Waals surface area contributed by atoms with Crippen LogP contribution in [0.5, 0.6) is 17.2 Å². The van der Waals surface area contributed by atoms with Gasteiger partial charge >= 0.3 is 0 Å². The van der Waals surface area contributed by atoms with Crippen LogP contribution in [0, 0.1) is 5.82 Å². The lowest BCUT2D eigenvalue weighted by molar-refractivity contribution is -0.0833. The topological polar surface area (TPSA) is 108 Å². The summed E-state index contributed by atoms with van der Waals surface area (Å²) in [4.78, 5) is 0. The van der Waals surface area contributed by atoms with Gasteiger partial charge in [0.15, 0.2) is 0 Å². The number of halogens is 1. The van der Waals surface area contributed by atoms with Gasteiger partial charge in [-0.15, -0.1) is 0 Å². The number of methoxy groups -OCH3 is 2. The SMILES string of the molecule is COc1ccc(F)cc1COCCCOc1ccc(C2[C@@H](OCc3cc(OC)c4ccccc4c3)CNC[C@@H]2OCC(O)CO)cc1. The van der Waals surface area contributed by atoms with Gasteiger partial charge in [0, 0.05) is 36.4 Å². The van der Waals surface area contributed by atoms with Gasteiger partial charge in [-0.3, -0.25) is 0 Å². The Morgan fingerprint density at radius 1 is 0.851 bits per heavy atom. The van der Waals surface area contributed by atoms with Gasteiger partial charge in [-0.05, 0) is 59.0 Å². The Morgan fingerprint density at radius 3 is 2.38 bits per heavy atom. The van der Waals surface area contributed by atoms with Crippen molar-refractivity contribution >= 4 is 10.8 Å². The molecule has 4 aromatic rings. The number of ether oxygens (including phenoxy) is 6. The van der Waals surface area contributed by atoms with E-state index in [1.165, 1.54) is 12.1 Å². The molecule has 1 fully saturated rings. The van der Waals surface area contributed by atoms with E-state index in [0.717, 1.165) is 33.4 Å². The van der Waals surface area contributed by atoms with Crippen molar-refractivity contribution in [2.24, 2.45) is 0 Å². The van der Waals surface area contributed by atoms with Crippen LogP contribution in [-0.4, -0.2) is 82.3 Å². The van der Waals surface area contributed by atoms with Crippen molar-refractivity contribution in [2.75, 3.05) is 53.7 Å². The van der Waals surface area contributed by atoms with E-state index >= 15 is 0 Å². The first-order chi connectivity index (χ1) is 23.0. The van der Waals surface area contributed by atoms with Gasteiger partial charge in [-0.1, -0.05) is 36.4 Å². The summed E-state index contributed by atoms with van der Waals surface area (Å²) >= 11 is 0. The van der Waals surface area contributed by atoms with Crippen molar-refractivity contribution in [1.29, 1.82) is 0 Å². The minimum atomic E-state index is -0.961. The Kier molecular flexibility index (Phi) is 12.8. The molecule has 0 aliphatic carbocycles. The molecule has 1 aliphatic heterocycles. The lowest BCUT2D eigenvalue weighted by Gasteiger charge is -2.39. The molecule has 4 atom stereocenters. The molecule has 47 heavy (non-hydrogen) atoms. The van der Waals surface area contributed by atoms with Crippen LogP contribution in [0.15, 0.2) is 78.9 Å². The van der Waals surface area contributed by atoms with Gasteiger partial charge in [0.05, 0.1) is 66.1 Å². The van der Waals surface area contributed by atoms with Gasteiger partial charge in [-0.2, -0.15) is 0 Å². The van der Waals surface area contributed by atoms with Crippen molar-refractivity contribution in [1.82, 2.24) is 5.32 Å². The maximum Gasteiger partial charge on any atom is 0.127 e. The van der Waals surface area contributed by atoms with Crippen LogP contribution in [0.25, 0.3) is 10.8 Å². The molecule has 0 aromatic heterocycles. The standard InChI is InChI=1S/C37H44FNO8/c1-42-33-13-10-29(38)18-28(33)23-44-14-5-15-45-31-11-8-26(9-12-31)37-35(19-39-20-36(37)47-24-30(41)21-40)46-22-25-16-27-6-3-4-7-32(27)34(17-25)43-2/h3-4,6-13,16-18,30,35-37,39-41H,5,14-15,19-24H2,1-2H3/t30?,35-,36-,37?/m0/s1. The van der Waals surface area contributed by atoms with E-state index in [-0.39, 0.29) is 43.8 Å². The quantitative estimate of drug-likeness (QED) is 0.136. The zero-order chi connectivity index (χ0) is 33.0. The number of benzene rings is 4. The van der Waals surface area contributed by atoms with Crippen molar-refractivity contribution in [3.05, 3.63) is 101 Å². The summed E-state index contributed by atoms with van der Waals surface area (Å²) in [7, 11) is 3.22. The fourth-order valence-corrected chi connectivity index (χ4v) is 5.87. The average Bonchev–Trinajstić information content (AvgIpc) is 3.11. The third kappa shape index (κ3) is 9.41. The van der Waals surface area contributed by atoms with E-state index in [9.17, 15) is 14.6 Å². The van der Waals surface area contributed by atoms with Gasteiger partial charge in [0.1, 0.15) is 29.2 Å². The van der Waals surface area contributed by atoms with Crippen LogP contribution in [-0.2, 0) is 27.4 Å². The highest BCUT2D eigenvalue weighted by Gasteiger charge is 2.36. The Labute approximate surface area is 275 Å². The predicted octanol–water partition coefficient (Wildman–Crippen LogP) is 4.99. The molecule has 5 rings (SSSR count). The second-order valence-electron chi connectivity index (χ2n) is 11.5. The number of piperidine rings is 1. The molecule has 1 aliphatic rings. The maximum atomic E-state index is 13.6. The molecule has 1 saturated heterocycles. The van der Waals surface area contributed by atoms with Crippen molar-refractivity contribution < 1.29 is 43.0 Å². The molecule has 2 unspecified atom stereocenters. The summed E-state index contributed by atoms with van der Waals surface area (Å²) in [6.07, 6.45) is -0.816. The van der Waals surface area contributed by atoms with Crippen LogP contribution in [0.3, 0.4) is 0 Å². The van der Waals surface area contributed by atoms with Gasteiger partial charge in [0.2, 0.25) is 0 Å². The van der Waals surface area contributed by atoms with E-state index in [4.69, 9.17) is 28.4 Å². The lowest BCUT2D eigenvalue weighted by atomic mass is 9.85. The molecule has 0 saturated carbocycles. The zero-order valence-electron chi connectivity index (χ0n) is 26.9. The highest BCUT2D eigenvalue weighted by Crippen LogP contribution is 2.33. The Hall–Kier alpha value is -3.77. The fraction of sp³-hybridized carbons (Fsp3) is 0.405. The zero-order valence-corrected chi connectivity index (χ0v) is 26.9. The average molecular weight is 650 g/mol. The van der Waals surface area contributed by atoms with Crippen molar-refractivity contribution in [2.45, 2.75) is 43.9 Å². The summed E-state index contributed by atoms with van der Waals surface area (Å²) in [6, 6.07) is 24.5. The minimum Gasteiger partial charge on any atom is -0.496 e. The van der Waals surface area contributed by atoms with E-state index < -0.39 is 6.10 Å². The molecule has 1 heterocycles. The molecule has 0 radical (unpaired) electrons.